The van der Waals surface area contributed by atoms with Gasteiger partial charge in [0.2, 0.25) is 0 Å². The smallest absolute Gasteiger partial charge is 0.359 e. The molecule has 0 fully saturated rings. The first kappa shape index (κ1) is 10.7. The lowest BCUT2D eigenvalue weighted by atomic mass is 10.6. The van der Waals surface area contributed by atoms with Crippen LogP contribution in [-0.4, -0.2) is 24.3 Å². The first-order chi connectivity index (χ1) is 5.22. The van der Waals surface area contributed by atoms with E-state index < -0.39 is 5.97 Å². The molecule has 0 rings (SSSR count). The van der Waals surface area contributed by atoms with Crippen LogP contribution in [0.25, 0.3) is 0 Å². The predicted octanol–water partition coefficient (Wildman–Crippen LogP) is 0.154. The van der Waals surface area contributed by atoms with Crippen molar-refractivity contribution < 1.29 is 18.8 Å². The summed E-state index contributed by atoms with van der Waals surface area (Å²) in [5, 5.41) is 8.26. The SMILES string of the molecule is O=C(OS)C(S)=COCCO. The fourth-order valence-corrected chi connectivity index (χ4v) is 0.576. The second-order valence-corrected chi connectivity index (χ2v) is 2.14. The van der Waals surface area contributed by atoms with Gasteiger partial charge in [0.15, 0.2) is 0 Å². The molecule has 64 valence electrons. The highest BCUT2D eigenvalue weighted by atomic mass is 32.1. The van der Waals surface area contributed by atoms with Crippen LogP contribution in [0.5, 0.6) is 0 Å². The van der Waals surface area contributed by atoms with Crippen LogP contribution in [0.4, 0.5) is 0 Å². The molecule has 0 heterocycles. The molecule has 0 aliphatic rings. The molecule has 0 radical (unpaired) electrons. The van der Waals surface area contributed by atoms with Gasteiger partial charge in [-0.15, -0.1) is 12.6 Å². The fraction of sp³-hybridized carbons (Fsp3) is 0.400. The first-order valence-corrected chi connectivity index (χ1v) is 3.51. The number of aliphatic hydroxyl groups excluding tert-OH is 1. The van der Waals surface area contributed by atoms with E-state index in [1.54, 1.807) is 0 Å². The molecule has 11 heavy (non-hydrogen) atoms. The van der Waals surface area contributed by atoms with E-state index in [-0.39, 0.29) is 18.1 Å². The van der Waals surface area contributed by atoms with E-state index in [0.29, 0.717) is 0 Å². The van der Waals surface area contributed by atoms with Crippen LogP contribution in [0, 0.1) is 0 Å². The first-order valence-electron chi connectivity index (χ1n) is 2.69. The van der Waals surface area contributed by atoms with Crippen LogP contribution in [-0.2, 0) is 13.7 Å². The topological polar surface area (TPSA) is 55.8 Å². The molecule has 0 saturated carbocycles. The van der Waals surface area contributed by atoms with Crippen LogP contribution in [0.3, 0.4) is 0 Å². The molecule has 0 atom stereocenters. The minimum Gasteiger partial charge on any atom is -0.497 e. The summed E-state index contributed by atoms with van der Waals surface area (Å²) in [6.45, 7) is -0.00259. The van der Waals surface area contributed by atoms with E-state index in [1.165, 1.54) is 0 Å². The number of ether oxygens (including phenoxy) is 1. The van der Waals surface area contributed by atoms with E-state index in [9.17, 15) is 4.79 Å². The van der Waals surface area contributed by atoms with Crippen molar-refractivity contribution in [3.63, 3.8) is 0 Å². The molecule has 0 aliphatic heterocycles. The van der Waals surface area contributed by atoms with Gasteiger partial charge in [-0.1, -0.05) is 0 Å². The van der Waals surface area contributed by atoms with E-state index >= 15 is 0 Å². The Hall–Kier alpha value is -0.330. The molecular formula is C5H8O4S2. The van der Waals surface area contributed by atoms with Gasteiger partial charge in [-0.25, -0.2) is 4.79 Å². The third-order valence-electron chi connectivity index (χ3n) is 0.696. The lowest BCUT2D eigenvalue weighted by molar-refractivity contribution is -0.128. The molecule has 1 N–H and O–H groups in total. The molecular weight excluding hydrogens is 188 g/mol. The Labute approximate surface area is 75.2 Å². The highest BCUT2D eigenvalue weighted by molar-refractivity contribution is 7.85. The van der Waals surface area contributed by atoms with Crippen molar-refractivity contribution in [1.82, 2.24) is 0 Å². The summed E-state index contributed by atoms with van der Waals surface area (Å²) in [4.78, 5) is 10.5. The molecule has 0 aliphatic carbocycles. The maximum absolute atomic E-state index is 10.5. The van der Waals surface area contributed by atoms with Crippen molar-refractivity contribution >= 4 is 31.5 Å². The summed E-state index contributed by atoms with van der Waals surface area (Å²) < 4.78 is 8.66. The van der Waals surface area contributed by atoms with Crippen LogP contribution < -0.4 is 0 Å². The third kappa shape index (κ3) is 5.00. The van der Waals surface area contributed by atoms with Gasteiger partial charge in [0.25, 0.3) is 0 Å². The molecule has 4 nitrogen and oxygen atoms in total. The summed E-state index contributed by atoms with van der Waals surface area (Å²) in [5.74, 6) is -0.699. The summed E-state index contributed by atoms with van der Waals surface area (Å²) in [6.07, 6.45) is 1.08. The van der Waals surface area contributed by atoms with Crippen LogP contribution in [0.1, 0.15) is 0 Å². The minimum atomic E-state index is -0.699. The van der Waals surface area contributed by atoms with Crippen molar-refractivity contribution in [3.05, 3.63) is 11.2 Å². The monoisotopic (exact) mass is 196 g/mol. The average molecular weight is 196 g/mol. The highest BCUT2D eigenvalue weighted by Crippen LogP contribution is 2.04. The maximum Gasteiger partial charge on any atom is 0.359 e. The van der Waals surface area contributed by atoms with Crippen molar-refractivity contribution in [2.75, 3.05) is 13.2 Å². The molecule has 0 aromatic carbocycles. The zero-order valence-corrected chi connectivity index (χ0v) is 7.35. The Bertz CT molecular complexity index is 157. The number of thiol groups is 2. The van der Waals surface area contributed by atoms with E-state index in [1.807, 2.05) is 0 Å². The summed E-state index contributed by atoms with van der Waals surface area (Å²) in [7, 11) is 0. The molecule has 0 saturated heterocycles. The second kappa shape index (κ2) is 6.38. The zero-order chi connectivity index (χ0) is 8.69. The van der Waals surface area contributed by atoms with Crippen molar-refractivity contribution in [1.29, 1.82) is 0 Å². The van der Waals surface area contributed by atoms with Gasteiger partial charge in [-0.3, -0.25) is 0 Å². The van der Waals surface area contributed by atoms with Crippen molar-refractivity contribution in [3.8, 4) is 0 Å². The number of hydrogen-bond acceptors (Lipinski definition) is 6. The third-order valence-corrected chi connectivity index (χ3v) is 1.15. The van der Waals surface area contributed by atoms with Gasteiger partial charge in [0, 0.05) is 12.9 Å². The van der Waals surface area contributed by atoms with Gasteiger partial charge in [-0.05, 0) is 0 Å². The normalized spacial score (nSPS) is 11.0. The number of hydrogen-bond donors (Lipinski definition) is 3. The van der Waals surface area contributed by atoms with Crippen LogP contribution in [0.2, 0.25) is 0 Å². The Kier molecular flexibility index (Phi) is 6.19. The quantitative estimate of drug-likeness (QED) is 0.197. The second-order valence-electron chi connectivity index (χ2n) is 1.48. The largest absolute Gasteiger partial charge is 0.497 e. The van der Waals surface area contributed by atoms with Gasteiger partial charge in [0.05, 0.1) is 6.61 Å². The summed E-state index contributed by atoms with van der Waals surface area (Å²) >= 11 is 6.96. The lowest BCUT2D eigenvalue weighted by Gasteiger charge is -1.97. The van der Waals surface area contributed by atoms with E-state index in [0.717, 1.165) is 6.26 Å². The number of carbonyl (C=O) groups is 1. The number of rotatable bonds is 4. The molecule has 0 unspecified atom stereocenters. The molecule has 0 bridgehead atoms. The van der Waals surface area contributed by atoms with Crippen molar-refractivity contribution in [2.24, 2.45) is 0 Å². The molecule has 6 heteroatoms. The van der Waals surface area contributed by atoms with Gasteiger partial charge >= 0.3 is 5.97 Å². The Balaban J connectivity index is 3.71. The lowest BCUT2D eigenvalue weighted by Crippen LogP contribution is -1.99. The Morgan fingerprint density at radius 1 is 1.64 bits per heavy atom. The van der Waals surface area contributed by atoms with Gasteiger partial charge < -0.3 is 14.0 Å². The minimum absolute atomic E-state index is 0.00606. The Morgan fingerprint density at radius 2 is 2.27 bits per heavy atom. The molecule has 0 aromatic heterocycles. The summed E-state index contributed by atoms with van der Waals surface area (Å²) in [6, 6.07) is 0. The molecule has 0 amide bonds. The number of carbonyl (C=O) groups excluding carboxylic acids is 1. The fourth-order valence-electron chi connectivity index (χ4n) is 0.285. The van der Waals surface area contributed by atoms with Gasteiger partial charge in [0.1, 0.15) is 17.8 Å². The van der Waals surface area contributed by atoms with E-state index in [2.05, 4.69) is 34.5 Å². The van der Waals surface area contributed by atoms with Crippen molar-refractivity contribution in [2.45, 2.75) is 0 Å². The molecule has 0 spiro atoms. The van der Waals surface area contributed by atoms with E-state index in [4.69, 9.17) is 5.11 Å². The van der Waals surface area contributed by atoms with Crippen LogP contribution in [0.15, 0.2) is 11.2 Å². The van der Waals surface area contributed by atoms with Gasteiger partial charge in [-0.2, -0.15) is 0 Å². The highest BCUT2D eigenvalue weighted by Gasteiger charge is 2.04. The average Bonchev–Trinajstić information content (AvgIpc) is 2.03. The number of aliphatic hydroxyl groups is 1. The standard InChI is InChI=1S/C5H8O4S2/c6-1-2-8-3-4(10)5(7)9-11/h3,6,10-11H,1-2H2. The predicted molar refractivity (Wildman–Crippen MR) is 45.2 cm³/mol. The zero-order valence-electron chi connectivity index (χ0n) is 5.56. The maximum atomic E-state index is 10.5. The molecule has 0 aromatic rings. The van der Waals surface area contributed by atoms with Crippen LogP contribution >= 0.6 is 25.5 Å². The summed E-state index contributed by atoms with van der Waals surface area (Å²) in [5.41, 5.74) is 0. The Morgan fingerprint density at radius 3 is 2.73 bits per heavy atom.